The average Bonchev–Trinajstić information content (AvgIpc) is 2.61. The third kappa shape index (κ3) is 9.09. The van der Waals surface area contributed by atoms with Crippen molar-refractivity contribution in [3.05, 3.63) is 47.7 Å². The summed E-state index contributed by atoms with van der Waals surface area (Å²) in [5, 5.41) is 0. The monoisotopic (exact) mass is 359 g/mol. The van der Waals surface area contributed by atoms with Crippen LogP contribution in [0, 0.1) is 18.3 Å². The number of likely N-dealkylation sites (N-methyl/N-ethyl adjacent to an activating group) is 1. The minimum absolute atomic E-state index is 0.396. The van der Waals surface area contributed by atoms with Crippen molar-refractivity contribution in [2.24, 2.45) is 5.92 Å². The minimum Gasteiger partial charge on any atom is -0.374 e. The van der Waals surface area contributed by atoms with Crippen LogP contribution in [0.2, 0.25) is 0 Å². The van der Waals surface area contributed by atoms with E-state index in [-0.39, 0.29) is 0 Å². The molecule has 0 aromatic carbocycles. The van der Waals surface area contributed by atoms with E-state index in [2.05, 4.69) is 64.8 Å². The van der Waals surface area contributed by atoms with Gasteiger partial charge < -0.3 is 4.90 Å². The summed E-state index contributed by atoms with van der Waals surface area (Å²) in [6, 6.07) is 0. The normalized spacial score (nSPS) is 14.5. The first-order valence-corrected chi connectivity index (χ1v) is 9.78. The van der Waals surface area contributed by atoms with E-state index in [9.17, 15) is 4.39 Å². The average molecular weight is 360 g/mol. The maximum absolute atomic E-state index is 13.0. The Morgan fingerprint density at radius 2 is 1.81 bits per heavy atom. The van der Waals surface area contributed by atoms with Crippen molar-refractivity contribution >= 4 is 0 Å². The summed E-state index contributed by atoms with van der Waals surface area (Å²) in [6.07, 6.45) is 13.6. The van der Waals surface area contributed by atoms with Gasteiger partial charge in [0.25, 0.3) is 0 Å². The molecule has 0 fully saturated rings. The van der Waals surface area contributed by atoms with Crippen molar-refractivity contribution in [2.75, 3.05) is 13.6 Å². The van der Waals surface area contributed by atoms with E-state index in [1.165, 1.54) is 30.4 Å². The van der Waals surface area contributed by atoms with Crippen LogP contribution >= 0.6 is 0 Å². The van der Waals surface area contributed by atoms with Crippen molar-refractivity contribution in [3.8, 4) is 12.3 Å². The SMILES string of the molecule is C#CC(F)CCC=CCCN(C)C(=C)/C(C(=C)C)=C(/C)C(C)CCCC. The highest BCUT2D eigenvalue weighted by molar-refractivity contribution is 5.46. The smallest absolute Gasteiger partial charge is 0.160 e. The van der Waals surface area contributed by atoms with Gasteiger partial charge in [0.1, 0.15) is 0 Å². The standard InChI is InChI=1S/C24H38FN/c1-9-11-16-20(5)21(6)24(19(3)4)22(7)26(8)18-15-13-12-14-17-23(25)10-2/h2,12-13,20,23H,3,7,9,11,14-18H2,1,4-6,8H3/b13-12?,24-21-. The maximum atomic E-state index is 13.0. The zero-order valence-corrected chi connectivity index (χ0v) is 17.6. The fraction of sp³-hybridized carbons (Fsp3) is 0.583. The van der Waals surface area contributed by atoms with Gasteiger partial charge in [-0.2, -0.15) is 0 Å². The van der Waals surface area contributed by atoms with Gasteiger partial charge in [0.2, 0.25) is 0 Å². The van der Waals surface area contributed by atoms with Crippen LogP contribution in [0.25, 0.3) is 0 Å². The maximum Gasteiger partial charge on any atom is 0.160 e. The Morgan fingerprint density at radius 3 is 2.35 bits per heavy atom. The molecule has 0 saturated carbocycles. The lowest BCUT2D eigenvalue weighted by Gasteiger charge is -2.27. The van der Waals surface area contributed by atoms with Crippen LogP contribution in [0.5, 0.6) is 0 Å². The molecule has 2 heteroatoms. The molecule has 0 heterocycles. The fourth-order valence-corrected chi connectivity index (χ4v) is 2.94. The van der Waals surface area contributed by atoms with Crippen molar-refractivity contribution < 1.29 is 4.39 Å². The lowest BCUT2D eigenvalue weighted by atomic mass is 9.88. The van der Waals surface area contributed by atoms with E-state index < -0.39 is 6.17 Å². The summed E-state index contributed by atoms with van der Waals surface area (Å²) in [7, 11) is 2.07. The van der Waals surface area contributed by atoms with E-state index in [0.717, 1.165) is 24.2 Å². The highest BCUT2D eigenvalue weighted by Crippen LogP contribution is 2.29. The largest absolute Gasteiger partial charge is 0.374 e. The van der Waals surface area contributed by atoms with Crippen LogP contribution in [-0.2, 0) is 0 Å². The van der Waals surface area contributed by atoms with E-state index in [4.69, 9.17) is 6.42 Å². The molecule has 0 rings (SSSR count). The molecule has 0 aliphatic carbocycles. The summed E-state index contributed by atoms with van der Waals surface area (Å²) < 4.78 is 13.0. The number of halogens is 1. The van der Waals surface area contributed by atoms with Crippen molar-refractivity contribution in [1.82, 2.24) is 4.90 Å². The molecule has 2 unspecified atom stereocenters. The van der Waals surface area contributed by atoms with Crippen molar-refractivity contribution in [1.29, 1.82) is 0 Å². The topological polar surface area (TPSA) is 3.24 Å². The van der Waals surface area contributed by atoms with Crippen LogP contribution in [0.4, 0.5) is 4.39 Å². The highest BCUT2D eigenvalue weighted by atomic mass is 19.1. The van der Waals surface area contributed by atoms with Crippen LogP contribution in [0.3, 0.4) is 0 Å². The number of nitrogens with zero attached hydrogens (tertiary/aromatic N) is 1. The van der Waals surface area contributed by atoms with Crippen molar-refractivity contribution in [3.63, 3.8) is 0 Å². The van der Waals surface area contributed by atoms with Gasteiger partial charge in [-0.15, -0.1) is 6.42 Å². The zero-order chi connectivity index (χ0) is 20.1. The van der Waals surface area contributed by atoms with E-state index in [1.807, 2.05) is 6.08 Å². The van der Waals surface area contributed by atoms with Gasteiger partial charge in [0.05, 0.1) is 0 Å². The predicted octanol–water partition coefficient (Wildman–Crippen LogP) is 6.85. The predicted molar refractivity (Wildman–Crippen MR) is 115 cm³/mol. The molecule has 0 aromatic rings. The third-order valence-corrected chi connectivity index (χ3v) is 4.87. The Hall–Kier alpha value is -1.75. The molecule has 0 bridgehead atoms. The molecular formula is C24H38FN. The quantitative estimate of drug-likeness (QED) is 0.197. The number of hydrogen-bond acceptors (Lipinski definition) is 1. The molecule has 0 aliphatic rings. The van der Waals surface area contributed by atoms with Gasteiger partial charge in [0.15, 0.2) is 6.17 Å². The van der Waals surface area contributed by atoms with Gasteiger partial charge in [-0.3, -0.25) is 0 Å². The minimum atomic E-state index is -1.14. The molecule has 2 atom stereocenters. The van der Waals surface area contributed by atoms with Gasteiger partial charge in [-0.25, -0.2) is 4.39 Å². The molecule has 0 amide bonds. The van der Waals surface area contributed by atoms with Crippen LogP contribution < -0.4 is 0 Å². The summed E-state index contributed by atoms with van der Waals surface area (Å²) in [5.74, 6) is 2.65. The Morgan fingerprint density at radius 1 is 1.19 bits per heavy atom. The molecule has 0 N–H and O–H groups in total. The van der Waals surface area contributed by atoms with E-state index in [0.29, 0.717) is 18.8 Å². The van der Waals surface area contributed by atoms with E-state index in [1.54, 1.807) is 0 Å². The Labute approximate surface area is 161 Å². The van der Waals surface area contributed by atoms with Gasteiger partial charge in [-0.1, -0.05) is 63.5 Å². The summed E-state index contributed by atoms with van der Waals surface area (Å²) in [4.78, 5) is 2.18. The molecule has 146 valence electrons. The van der Waals surface area contributed by atoms with Gasteiger partial charge in [0, 0.05) is 19.3 Å². The number of hydrogen-bond donors (Lipinski definition) is 0. The summed E-state index contributed by atoms with van der Waals surface area (Å²) >= 11 is 0. The van der Waals surface area contributed by atoms with Crippen LogP contribution in [0.1, 0.15) is 66.2 Å². The summed E-state index contributed by atoms with van der Waals surface area (Å²) in [5.41, 5.74) is 4.68. The Bertz CT molecular complexity index is 547. The first-order chi connectivity index (χ1) is 12.3. The van der Waals surface area contributed by atoms with Crippen LogP contribution in [-0.4, -0.2) is 24.7 Å². The van der Waals surface area contributed by atoms with E-state index >= 15 is 0 Å². The second kappa shape index (κ2) is 13.5. The molecule has 0 saturated heterocycles. The number of alkyl halides is 1. The lowest BCUT2D eigenvalue weighted by molar-refractivity contribution is 0.393. The first-order valence-electron chi connectivity index (χ1n) is 9.78. The van der Waals surface area contributed by atoms with Gasteiger partial charge in [-0.05, 0) is 56.6 Å². The first kappa shape index (κ1) is 24.2. The zero-order valence-electron chi connectivity index (χ0n) is 17.6. The lowest BCUT2D eigenvalue weighted by Crippen LogP contribution is -2.21. The number of unbranched alkanes of at least 4 members (excludes halogenated alkanes) is 1. The number of terminal acetylenes is 1. The highest BCUT2D eigenvalue weighted by Gasteiger charge is 2.15. The molecule has 0 aromatic heterocycles. The summed E-state index contributed by atoms with van der Waals surface area (Å²) in [6.45, 7) is 18.2. The molecule has 0 radical (unpaired) electrons. The Kier molecular flexibility index (Phi) is 12.5. The molecule has 0 aliphatic heterocycles. The second-order valence-corrected chi connectivity index (χ2v) is 7.22. The molecule has 1 nitrogen and oxygen atoms in total. The number of rotatable bonds is 13. The third-order valence-electron chi connectivity index (χ3n) is 4.87. The molecular weight excluding hydrogens is 321 g/mol. The molecule has 0 spiro atoms. The Balaban J connectivity index is 4.76. The van der Waals surface area contributed by atoms with Crippen molar-refractivity contribution in [2.45, 2.75) is 72.4 Å². The van der Waals surface area contributed by atoms with Gasteiger partial charge >= 0.3 is 0 Å². The molecule has 26 heavy (non-hydrogen) atoms. The fourth-order valence-electron chi connectivity index (χ4n) is 2.94. The number of allylic oxidation sites excluding steroid dienone is 3. The van der Waals surface area contributed by atoms with Crippen LogP contribution in [0.15, 0.2) is 47.7 Å². The second-order valence-electron chi connectivity index (χ2n) is 7.22.